The van der Waals surface area contributed by atoms with E-state index in [-0.39, 0.29) is 5.91 Å². The molecule has 1 aromatic heterocycles. The van der Waals surface area contributed by atoms with Crippen LogP contribution in [0.25, 0.3) is 0 Å². The van der Waals surface area contributed by atoms with Crippen LogP contribution in [0.5, 0.6) is 17.4 Å². The maximum Gasteiger partial charge on any atom is 0.274 e. The molecule has 0 saturated heterocycles. The van der Waals surface area contributed by atoms with Crippen LogP contribution in [0.15, 0.2) is 72.8 Å². The average Bonchev–Trinajstić information content (AvgIpc) is 2.64. The Labute approximate surface area is 139 Å². The van der Waals surface area contributed by atoms with Crippen molar-refractivity contribution in [3.63, 3.8) is 0 Å². The van der Waals surface area contributed by atoms with Gasteiger partial charge in [0, 0.05) is 11.8 Å². The molecule has 2 aromatic carbocycles. The number of hydrogen-bond acceptors (Lipinski definition) is 4. The standard InChI is InChI=1S/C19H16N2O3/c1-23-18-9-5-8-17(21-18)19(22)20-14-10-12-16(13-11-14)24-15-6-3-2-4-7-15/h2-13H,1H3,(H,20,22). The van der Waals surface area contributed by atoms with Gasteiger partial charge in [0.05, 0.1) is 7.11 Å². The topological polar surface area (TPSA) is 60.5 Å². The lowest BCUT2D eigenvalue weighted by Crippen LogP contribution is -2.13. The maximum atomic E-state index is 12.2. The van der Waals surface area contributed by atoms with E-state index >= 15 is 0 Å². The maximum absolute atomic E-state index is 12.2. The van der Waals surface area contributed by atoms with Gasteiger partial charge in [0.15, 0.2) is 0 Å². The van der Waals surface area contributed by atoms with E-state index in [9.17, 15) is 4.79 Å². The smallest absolute Gasteiger partial charge is 0.274 e. The molecule has 0 bridgehead atoms. The monoisotopic (exact) mass is 320 g/mol. The van der Waals surface area contributed by atoms with E-state index < -0.39 is 0 Å². The van der Waals surface area contributed by atoms with Gasteiger partial charge in [-0.25, -0.2) is 4.98 Å². The highest BCUT2D eigenvalue weighted by atomic mass is 16.5. The summed E-state index contributed by atoms with van der Waals surface area (Å²) in [6.07, 6.45) is 0. The van der Waals surface area contributed by atoms with Crippen molar-refractivity contribution in [2.24, 2.45) is 0 Å². The molecule has 0 atom stereocenters. The molecule has 0 saturated carbocycles. The number of pyridine rings is 1. The Balaban J connectivity index is 1.66. The fraction of sp³-hybridized carbons (Fsp3) is 0.0526. The summed E-state index contributed by atoms with van der Waals surface area (Å²) >= 11 is 0. The highest BCUT2D eigenvalue weighted by molar-refractivity contribution is 6.02. The van der Waals surface area contributed by atoms with Gasteiger partial charge in [0.25, 0.3) is 5.91 Å². The quantitative estimate of drug-likeness (QED) is 0.767. The van der Waals surface area contributed by atoms with Crippen LogP contribution < -0.4 is 14.8 Å². The van der Waals surface area contributed by atoms with E-state index in [1.165, 1.54) is 7.11 Å². The molecule has 120 valence electrons. The minimum Gasteiger partial charge on any atom is -0.481 e. The number of hydrogen-bond donors (Lipinski definition) is 1. The van der Waals surface area contributed by atoms with E-state index in [4.69, 9.17) is 9.47 Å². The fourth-order valence-electron chi connectivity index (χ4n) is 2.08. The number of nitrogens with one attached hydrogen (secondary N) is 1. The molecule has 1 amide bonds. The first-order valence-corrected chi connectivity index (χ1v) is 7.40. The summed E-state index contributed by atoms with van der Waals surface area (Å²) in [6, 6.07) is 21.7. The number of anilines is 1. The van der Waals surface area contributed by atoms with Crippen molar-refractivity contribution < 1.29 is 14.3 Å². The molecule has 0 aliphatic carbocycles. The van der Waals surface area contributed by atoms with Gasteiger partial charge in [0.1, 0.15) is 17.2 Å². The SMILES string of the molecule is COc1cccc(C(=O)Nc2ccc(Oc3ccccc3)cc2)n1. The Morgan fingerprint density at radius 2 is 1.58 bits per heavy atom. The van der Waals surface area contributed by atoms with Crippen LogP contribution in [0, 0.1) is 0 Å². The Kier molecular flexibility index (Phi) is 4.72. The first kappa shape index (κ1) is 15.6. The summed E-state index contributed by atoms with van der Waals surface area (Å²) in [6.45, 7) is 0. The van der Waals surface area contributed by atoms with Gasteiger partial charge in [-0.05, 0) is 42.5 Å². The number of methoxy groups -OCH3 is 1. The number of rotatable bonds is 5. The largest absolute Gasteiger partial charge is 0.481 e. The van der Waals surface area contributed by atoms with Crippen molar-refractivity contribution in [1.29, 1.82) is 0 Å². The van der Waals surface area contributed by atoms with Gasteiger partial charge in [-0.3, -0.25) is 4.79 Å². The normalized spacial score (nSPS) is 10.0. The number of aromatic nitrogens is 1. The number of benzene rings is 2. The third-order valence-electron chi connectivity index (χ3n) is 3.26. The predicted octanol–water partition coefficient (Wildman–Crippen LogP) is 4.13. The van der Waals surface area contributed by atoms with Crippen LogP contribution in [-0.4, -0.2) is 18.0 Å². The van der Waals surface area contributed by atoms with Gasteiger partial charge in [-0.1, -0.05) is 24.3 Å². The lowest BCUT2D eigenvalue weighted by molar-refractivity contribution is 0.102. The molecule has 24 heavy (non-hydrogen) atoms. The van der Waals surface area contributed by atoms with Crippen molar-refractivity contribution in [3.05, 3.63) is 78.5 Å². The minimum absolute atomic E-state index is 0.291. The number of amides is 1. The Bertz CT molecular complexity index is 818. The Hall–Kier alpha value is -3.34. The molecule has 0 radical (unpaired) electrons. The number of carbonyl (C=O) groups excluding carboxylic acids is 1. The zero-order valence-electron chi connectivity index (χ0n) is 13.1. The molecular formula is C19H16N2O3. The van der Waals surface area contributed by atoms with E-state index in [0.717, 1.165) is 5.75 Å². The minimum atomic E-state index is -0.300. The van der Waals surface area contributed by atoms with Gasteiger partial charge in [-0.15, -0.1) is 0 Å². The lowest BCUT2D eigenvalue weighted by Gasteiger charge is -2.08. The van der Waals surface area contributed by atoms with Crippen LogP contribution >= 0.6 is 0 Å². The average molecular weight is 320 g/mol. The molecule has 0 aliphatic heterocycles. The van der Waals surface area contributed by atoms with Crippen LogP contribution in [0.2, 0.25) is 0 Å². The molecule has 1 N–H and O–H groups in total. The molecule has 3 rings (SSSR count). The second kappa shape index (κ2) is 7.28. The van der Waals surface area contributed by atoms with E-state index in [0.29, 0.717) is 23.0 Å². The molecule has 5 nitrogen and oxygen atoms in total. The van der Waals surface area contributed by atoms with Crippen LogP contribution in [0.3, 0.4) is 0 Å². The first-order chi connectivity index (χ1) is 11.7. The predicted molar refractivity (Wildman–Crippen MR) is 91.7 cm³/mol. The van der Waals surface area contributed by atoms with Crippen molar-refractivity contribution in [1.82, 2.24) is 4.98 Å². The van der Waals surface area contributed by atoms with Gasteiger partial charge < -0.3 is 14.8 Å². The molecule has 0 aliphatic rings. The lowest BCUT2D eigenvalue weighted by atomic mass is 10.2. The fourth-order valence-corrected chi connectivity index (χ4v) is 2.08. The third kappa shape index (κ3) is 3.89. The molecular weight excluding hydrogens is 304 g/mol. The van der Waals surface area contributed by atoms with E-state index in [2.05, 4.69) is 10.3 Å². The van der Waals surface area contributed by atoms with E-state index in [1.807, 2.05) is 30.3 Å². The zero-order chi connectivity index (χ0) is 16.8. The van der Waals surface area contributed by atoms with Crippen LogP contribution in [0.1, 0.15) is 10.5 Å². The number of carbonyl (C=O) groups is 1. The summed E-state index contributed by atoms with van der Waals surface area (Å²) < 4.78 is 10.7. The van der Waals surface area contributed by atoms with Crippen LogP contribution in [-0.2, 0) is 0 Å². The van der Waals surface area contributed by atoms with Gasteiger partial charge >= 0.3 is 0 Å². The summed E-state index contributed by atoms with van der Waals surface area (Å²) in [5, 5.41) is 2.79. The van der Waals surface area contributed by atoms with Crippen molar-refractivity contribution in [2.45, 2.75) is 0 Å². The molecule has 3 aromatic rings. The second-order valence-corrected chi connectivity index (χ2v) is 4.96. The third-order valence-corrected chi connectivity index (χ3v) is 3.26. The zero-order valence-corrected chi connectivity index (χ0v) is 13.1. The summed E-state index contributed by atoms with van der Waals surface area (Å²) in [4.78, 5) is 16.3. The Morgan fingerprint density at radius 1 is 0.875 bits per heavy atom. The Morgan fingerprint density at radius 3 is 2.29 bits per heavy atom. The second-order valence-electron chi connectivity index (χ2n) is 4.96. The van der Waals surface area contributed by atoms with Crippen molar-refractivity contribution in [2.75, 3.05) is 12.4 Å². The highest BCUT2D eigenvalue weighted by Crippen LogP contribution is 2.22. The molecule has 0 fully saturated rings. The molecule has 0 spiro atoms. The number of nitrogens with zero attached hydrogens (tertiary/aromatic N) is 1. The van der Waals surface area contributed by atoms with Crippen molar-refractivity contribution >= 4 is 11.6 Å². The summed E-state index contributed by atoms with van der Waals surface area (Å²) in [7, 11) is 1.51. The first-order valence-electron chi connectivity index (χ1n) is 7.40. The number of ether oxygens (including phenoxy) is 2. The van der Waals surface area contributed by atoms with Gasteiger partial charge in [-0.2, -0.15) is 0 Å². The number of para-hydroxylation sites is 1. The van der Waals surface area contributed by atoms with E-state index in [1.54, 1.807) is 42.5 Å². The molecule has 0 unspecified atom stereocenters. The van der Waals surface area contributed by atoms with Crippen molar-refractivity contribution in [3.8, 4) is 17.4 Å². The molecule has 5 heteroatoms. The summed E-state index contributed by atoms with van der Waals surface area (Å²) in [5.41, 5.74) is 0.948. The summed E-state index contributed by atoms with van der Waals surface area (Å²) in [5.74, 6) is 1.55. The van der Waals surface area contributed by atoms with Crippen LogP contribution in [0.4, 0.5) is 5.69 Å². The van der Waals surface area contributed by atoms with Gasteiger partial charge in [0.2, 0.25) is 5.88 Å². The highest BCUT2D eigenvalue weighted by Gasteiger charge is 2.09. The molecule has 1 heterocycles.